The van der Waals surface area contributed by atoms with Crippen LogP contribution in [0.2, 0.25) is 0 Å². The molecule has 2 aromatic rings. The van der Waals surface area contributed by atoms with Gasteiger partial charge in [0, 0.05) is 15.8 Å². The van der Waals surface area contributed by atoms with Crippen molar-refractivity contribution in [3.05, 3.63) is 52.5 Å². The average molecular weight is 321 g/mol. The molecule has 0 saturated heterocycles. The Morgan fingerprint density at radius 2 is 2.00 bits per heavy atom. The molecule has 0 aliphatic heterocycles. The van der Waals surface area contributed by atoms with Gasteiger partial charge in [-0.25, -0.2) is 4.79 Å². The first kappa shape index (κ1) is 13.4. The minimum Gasteiger partial charge on any atom is -0.465 e. The summed E-state index contributed by atoms with van der Waals surface area (Å²) in [6.07, 6.45) is 0. The van der Waals surface area contributed by atoms with Gasteiger partial charge in [0.05, 0.1) is 18.4 Å². The first-order chi connectivity index (χ1) is 9.11. The van der Waals surface area contributed by atoms with Gasteiger partial charge in [0.2, 0.25) is 0 Å². The first-order valence-corrected chi connectivity index (χ1v) is 6.40. The van der Waals surface area contributed by atoms with E-state index in [1.165, 1.54) is 7.11 Å². The van der Waals surface area contributed by atoms with Crippen LogP contribution in [-0.2, 0) is 4.74 Å². The smallest absolute Gasteiger partial charge is 0.340 e. The number of hydrogen-bond acceptors (Lipinski definition) is 4. The summed E-state index contributed by atoms with van der Waals surface area (Å²) in [6, 6.07) is 12.9. The normalized spacial score (nSPS) is 10.0. The minimum absolute atomic E-state index is 0.347. The Kier molecular flexibility index (Phi) is 4.06. The molecule has 5 heteroatoms. The minimum atomic E-state index is -0.451. The molecule has 0 unspecified atom stereocenters. The maximum Gasteiger partial charge on any atom is 0.340 e. The van der Waals surface area contributed by atoms with Crippen LogP contribution in [0.5, 0.6) is 0 Å². The molecule has 0 atom stereocenters. The van der Waals surface area contributed by atoms with Gasteiger partial charge in [0.15, 0.2) is 0 Å². The number of nitrogens with two attached hydrogens (primary N) is 1. The highest BCUT2D eigenvalue weighted by atomic mass is 79.9. The summed E-state index contributed by atoms with van der Waals surface area (Å²) < 4.78 is 5.63. The second-order valence-electron chi connectivity index (χ2n) is 3.90. The fourth-order valence-electron chi connectivity index (χ4n) is 1.64. The summed E-state index contributed by atoms with van der Waals surface area (Å²) in [7, 11) is 1.33. The molecular weight excluding hydrogens is 308 g/mol. The number of esters is 1. The molecule has 98 valence electrons. The zero-order valence-electron chi connectivity index (χ0n) is 10.3. The van der Waals surface area contributed by atoms with Crippen molar-refractivity contribution in [3.63, 3.8) is 0 Å². The van der Waals surface area contributed by atoms with E-state index in [9.17, 15) is 4.79 Å². The van der Waals surface area contributed by atoms with Crippen molar-refractivity contribution >= 4 is 39.0 Å². The molecule has 0 amide bonds. The van der Waals surface area contributed by atoms with Crippen molar-refractivity contribution in [1.29, 1.82) is 0 Å². The van der Waals surface area contributed by atoms with Crippen molar-refractivity contribution in [3.8, 4) is 0 Å². The molecule has 0 fully saturated rings. The molecule has 4 nitrogen and oxygen atoms in total. The highest BCUT2D eigenvalue weighted by molar-refractivity contribution is 9.10. The van der Waals surface area contributed by atoms with E-state index in [4.69, 9.17) is 10.5 Å². The highest BCUT2D eigenvalue weighted by Gasteiger charge is 2.11. The average Bonchev–Trinajstić information content (AvgIpc) is 2.42. The second-order valence-corrected chi connectivity index (χ2v) is 4.75. The lowest BCUT2D eigenvalue weighted by atomic mass is 10.1. The number of nitrogens with one attached hydrogen (secondary N) is 1. The van der Waals surface area contributed by atoms with E-state index < -0.39 is 5.97 Å². The second kappa shape index (κ2) is 5.75. The monoisotopic (exact) mass is 320 g/mol. The Balaban J connectivity index is 2.32. The molecule has 0 heterocycles. The Morgan fingerprint density at radius 3 is 2.68 bits per heavy atom. The number of carbonyl (C=O) groups excluding carboxylic acids is 1. The van der Waals surface area contributed by atoms with Crippen LogP contribution in [0.3, 0.4) is 0 Å². The molecule has 0 radical (unpaired) electrons. The summed E-state index contributed by atoms with van der Waals surface area (Å²) in [4.78, 5) is 11.6. The fourth-order valence-corrected chi connectivity index (χ4v) is 2.02. The van der Waals surface area contributed by atoms with Gasteiger partial charge >= 0.3 is 5.97 Å². The van der Waals surface area contributed by atoms with Crippen LogP contribution in [-0.4, -0.2) is 13.1 Å². The number of anilines is 3. The highest BCUT2D eigenvalue weighted by Crippen LogP contribution is 2.27. The van der Waals surface area contributed by atoms with Gasteiger partial charge in [-0.15, -0.1) is 0 Å². The number of ether oxygens (including phenoxy) is 1. The third-order valence-electron chi connectivity index (χ3n) is 2.61. The number of methoxy groups -OCH3 is 1. The molecule has 3 N–H and O–H groups in total. The zero-order valence-corrected chi connectivity index (χ0v) is 11.9. The topological polar surface area (TPSA) is 64.3 Å². The predicted molar refractivity (Wildman–Crippen MR) is 79.6 cm³/mol. The van der Waals surface area contributed by atoms with Crippen LogP contribution in [0.15, 0.2) is 46.9 Å². The van der Waals surface area contributed by atoms with E-state index in [1.54, 1.807) is 18.2 Å². The summed E-state index contributed by atoms with van der Waals surface area (Å²) in [5.41, 5.74) is 8.16. The lowest BCUT2D eigenvalue weighted by Gasteiger charge is -2.11. The molecule has 0 aliphatic carbocycles. The van der Waals surface area contributed by atoms with Gasteiger partial charge < -0.3 is 15.8 Å². The summed E-state index contributed by atoms with van der Waals surface area (Å²) >= 11 is 3.45. The van der Waals surface area contributed by atoms with Gasteiger partial charge in [0.25, 0.3) is 0 Å². The van der Waals surface area contributed by atoms with E-state index in [2.05, 4.69) is 21.2 Å². The number of benzene rings is 2. The molecule has 0 saturated carbocycles. The molecule has 2 aromatic carbocycles. The lowest BCUT2D eigenvalue weighted by molar-refractivity contribution is 0.0602. The molecule has 0 spiro atoms. The van der Waals surface area contributed by atoms with E-state index in [0.717, 1.165) is 15.8 Å². The maximum atomic E-state index is 11.6. The summed E-state index contributed by atoms with van der Waals surface area (Å²) in [5, 5.41) is 3.21. The van der Waals surface area contributed by atoms with Gasteiger partial charge in [-0.1, -0.05) is 12.1 Å². The molecular formula is C14H13BrN2O2. The molecule has 19 heavy (non-hydrogen) atoms. The summed E-state index contributed by atoms with van der Waals surface area (Å²) in [6.45, 7) is 0. The van der Waals surface area contributed by atoms with Crippen molar-refractivity contribution in [2.45, 2.75) is 0 Å². The van der Waals surface area contributed by atoms with Crippen LogP contribution in [0.25, 0.3) is 0 Å². The standard InChI is InChI=1S/C14H13BrN2O2/c1-19-14(18)10-8-9(6-7-12(10)16)17-13-5-3-2-4-11(13)15/h2-8,17H,16H2,1H3. The van der Waals surface area contributed by atoms with Gasteiger partial charge in [-0.3, -0.25) is 0 Å². The number of rotatable bonds is 3. The number of nitrogen functional groups attached to an aromatic ring is 1. The number of halogens is 1. The molecule has 0 bridgehead atoms. The molecule has 2 rings (SSSR count). The Labute approximate surface area is 119 Å². The van der Waals surface area contributed by atoms with E-state index in [1.807, 2.05) is 24.3 Å². The van der Waals surface area contributed by atoms with E-state index >= 15 is 0 Å². The van der Waals surface area contributed by atoms with E-state index in [0.29, 0.717) is 11.3 Å². The van der Waals surface area contributed by atoms with Crippen molar-refractivity contribution in [2.24, 2.45) is 0 Å². The molecule has 0 aliphatic rings. The Bertz CT molecular complexity index is 614. The Hall–Kier alpha value is -2.01. The largest absolute Gasteiger partial charge is 0.465 e. The van der Waals surface area contributed by atoms with E-state index in [-0.39, 0.29) is 0 Å². The number of hydrogen-bond donors (Lipinski definition) is 2. The van der Waals surface area contributed by atoms with Crippen LogP contribution in [0, 0.1) is 0 Å². The van der Waals surface area contributed by atoms with Crippen LogP contribution in [0.4, 0.5) is 17.1 Å². The van der Waals surface area contributed by atoms with Crippen molar-refractivity contribution in [2.75, 3.05) is 18.2 Å². The summed E-state index contributed by atoms with van der Waals surface area (Å²) in [5.74, 6) is -0.451. The van der Waals surface area contributed by atoms with Crippen molar-refractivity contribution < 1.29 is 9.53 Å². The lowest BCUT2D eigenvalue weighted by Crippen LogP contribution is -2.06. The third kappa shape index (κ3) is 3.06. The van der Waals surface area contributed by atoms with Crippen LogP contribution >= 0.6 is 15.9 Å². The SMILES string of the molecule is COC(=O)c1cc(Nc2ccccc2Br)ccc1N. The van der Waals surface area contributed by atoms with Crippen LogP contribution < -0.4 is 11.1 Å². The van der Waals surface area contributed by atoms with Gasteiger partial charge in [-0.05, 0) is 46.3 Å². The Morgan fingerprint density at radius 1 is 1.26 bits per heavy atom. The zero-order chi connectivity index (χ0) is 13.8. The predicted octanol–water partition coefficient (Wildman–Crippen LogP) is 3.56. The third-order valence-corrected chi connectivity index (χ3v) is 3.30. The maximum absolute atomic E-state index is 11.6. The van der Waals surface area contributed by atoms with Crippen LogP contribution in [0.1, 0.15) is 10.4 Å². The van der Waals surface area contributed by atoms with Gasteiger partial charge in [-0.2, -0.15) is 0 Å². The first-order valence-electron chi connectivity index (χ1n) is 5.61. The quantitative estimate of drug-likeness (QED) is 0.670. The van der Waals surface area contributed by atoms with Crippen molar-refractivity contribution in [1.82, 2.24) is 0 Å². The van der Waals surface area contributed by atoms with Gasteiger partial charge in [0.1, 0.15) is 0 Å². The molecule has 0 aromatic heterocycles. The number of carbonyl (C=O) groups is 1. The fraction of sp³-hybridized carbons (Fsp3) is 0.0714. The number of para-hydroxylation sites is 1.